The quantitative estimate of drug-likeness (QED) is 0.918. The van der Waals surface area contributed by atoms with E-state index in [1.54, 1.807) is 0 Å². The molecule has 2 aromatic rings. The number of likely N-dealkylation sites (tertiary alicyclic amines) is 1. The summed E-state index contributed by atoms with van der Waals surface area (Å²) in [5.74, 6) is -1.42. The molecular weight excluding hydrogens is 330 g/mol. The Hall–Kier alpha value is -2.82. The van der Waals surface area contributed by atoms with Crippen LogP contribution in [0, 0.1) is 11.8 Å². The van der Waals surface area contributed by atoms with Crippen molar-refractivity contribution in [1.82, 2.24) is 4.90 Å². The molecule has 4 rings (SSSR count). The minimum absolute atomic E-state index is 0.0154. The van der Waals surface area contributed by atoms with Crippen molar-refractivity contribution in [3.8, 4) is 11.1 Å². The Morgan fingerprint density at radius 1 is 1.04 bits per heavy atom. The Morgan fingerprint density at radius 3 is 2.15 bits per heavy atom. The largest absolute Gasteiger partial charge is 0.481 e. The molecule has 1 aliphatic heterocycles. The summed E-state index contributed by atoms with van der Waals surface area (Å²) in [5.41, 5.74) is 4.70. The summed E-state index contributed by atoms with van der Waals surface area (Å²) in [6.07, 6.45) is -0.428. The summed E-state index contributed by atoms with van der Waals surface area (Å²) in [5, 5.41) is 9.23. The molecule has 2 atom stereocenters. The first kappa shape index (κ1) is 16.6. The van der Waals surface area contributed by atoms with Gasteiger partial charge in [-0.15, -0.1) is 0 Å². The monoisotopic (exact) mass is 351 g/mol. The molecule has 0 bridgehead atoms. The molecule has 0 aromatic heterocycles. The molecule has 2 aromatic carbocycles. The fourth-order valence-electron chi connectivity index (χ4n) is 4.12. The lowest BCUT2D eigenvalue weighted by atomic mass is 9.98. The second-order valence-electron chi connectivity index (χ2n) is 7.13. The van der Waals surface area contributed by atoms with Crippen LogP contribution in [0.2, 0.25) is 0 Å². The third-order valence-corrected chi connectivity index (χ3v) is 5.52. The van der Waals surface area contributed by atoms with E-state index in [9.17, 15) is 14.7 Å². The molecule has 1 saturated heterocycles. The molecule has 1 fully saturated rings. The zero-order valence-electron chi connectivity index (χ0n) is 14.6. The third kappa shape index (κ3) is 2.73. The predicted octanol–water partition coefficient (Wildman–Crippen LogP) is 3.59. The van der Waals surface area contributed by atoms with Crippen LogP contribution < -0.4 is 0 Å². The van der Waals surface area contributed by atoms with Gasteiger partial charge >= 0.3 is 12.1 Å². The van der Waals surface area contributed by atoms with Crippen molar-refractivity contribution >= 4 is 12.1 Å². The van der Waals surface area contributed by atoms with Crippen molar-refractivity contribution in [2.45, 2.75) is 12.8 Å². The van der Waals surface area contributed by atoms with Gasteiger partial charge in [0.1, 0.15) is 6.61 Å². The highest BCUT2D eigenvalue weighted by molar-refractivity contribution is 5.79. The number of hydrogen-bond donors (Lipinski definition) is 1. The van der Waals surface area contributed by atoms with Gasteiger partial charge in [0.2, 0.25) is 0 Å². The lowest BCUT2D eigenvalue weighted by Crippen LogP contribution is -2.31. The normalized spacial score (nSPS) is 21.3. The van der Waals surface area contributed by atoms with E-state index in [4.69, 9.17) is 4.74 Å². The smallest absolute Gasteiger partial charge is 0.409 e. The molecule has 0 unspecified atom stereocenters. The van der Waals surface area contributed by atoms with Crippen LogP contribution in [0.1, 0.15) is 24.0 Å². The molecule has 0 saturated carbocycles. The fourth-order valence-corrected chi connectivity index (χ4v) is 4.12. The molecule has 1 aliphatic carbocycles. The third-order valence-electron chi connectivity index (χ3n) is 5.52. The second-order valence-corrected chi connectivity index (χ2v) is 7.13. The molecule has 0 spiro atoms. The van der Waals surface area contributed by atoms with Gasteiger partial charge in [0.25, 0.3) is 0 Å². The SMILES string of the molecule is C[C@H]1CN(C(=O)OCC2c3ccccc3-c3ccccc32)C[C@H]1C(=O)O. The number of carboxylic acids is 1. The van der Waals surface area contributed by atoms with Crippen LogP contribution in [0.4, 0.5) is 4.79 Å². The Balaban J connectivity index is 1.49. The van der Waals surface area contributed by atoms with E-state index in [1.807, 2.05) is 31.2 Å². The summed E-state index contributed by atoms with van der Waals surface area (Å²) in [6, 6.07) is 16.4. The van der Waals surface area contributed by atoms with Gasteiger partial charge < -0.3 is 14.7 Å². The lowest BCUT2D eigenvalue weighted by molar-refractivity contribution is -0.142. The van der Waals surface area contributed by atoms with Crippen LogP contribution in [-0.4, -0.2) is 41.8 Å². The fraction of sp³-hybridized carbons (Fsp3) is 0.333. The molecule has 1 heterocycles. The van der Waals surface area contributed by atoms with Crippen molar-refractivity contribution in [2.24, 2.45) is 11.8 Å². The zero-order valence-corrected chi connectivity index (χ0v) is 14.6. The molecule has 134 valence electrons. The highest BCUT2D eigenvalue weighted by atomic mass is 16.6. The molecular formula is C21H21NO4. The number of carbonyl (C=O) groups excluding carboxylic acids is 1. The van der Waals surface area contributed by atoms with E-state index in [-0.39, 0.29) is 25.0 Å². The number of aliphatic carboxylic acids is 1. The summed E-state index contributed by atoms with van der Waals surface area (Å²) in [7, 11) is 0. The van der Waals surface area contributed by atoms with Gasteiger partial charge in [-0.3, -0.25) is 4.79 Å². The minimum atomic E-state index is -0.855. The topological polar surface area (TPSA) is 66.8 Å². The second kappa shape index (κ2) is 6.48. The predicted molar refractivity (Wildman–Crippen MR) is 96.9 cm³/mol. The maximum atomic E-state index is 12.5. The van der Waals surface area contributed by atoms with Crippen LogP contribution >= 0.6 is 0 Å². The minimum Gasteiger partial charge on any atom is -0.481 e. The summed E-state index contributed by atoms with van der Waals surface area (Å²) in [6.45, 7) is 2.76. The molecule has 0 radical (unpaired) electrons. The maximum absolute atomic E-state index is 12.5. The molecule has 5 nitrogen and oxygen atoms in total. The number of amides is 1. The number of carboxylic acid groups (broad SMARTS) is 1. The molecule has 2 aliphatic rings. The van der Waals surface area contributed by atoms with E-state index in [0.29, 0.717) is 6.54 Å². The first-order valence-corrected chi connectivity index (χ1v) is 8.89. The zero-order chi connectivity index (χ0) is 18.3. The molecule has 26 heavy (non-hydrogen) atoms. The number of nitrogens with zero attached hydrogens (tertiary/aromatic N) is 1. The van der Waals surface area contributed by atoms with Gasteiger partial charge in [-0.1, -0.05) is 55.5 Å². The van der Waals surface area contributed by atoms with E-state index in [1.165, 1.54) is 27.2 Å². The standard InChI is InChI=1S/C21H21NO4/c1-13-10-22(11-18(13)20(23)24)21(25)26-12-19-16-8-4-2-6-14(16)15-7-3-5-9-17(15)19/h2-9,13,18-19H,10-12H2,1H3,(H,23,24)/t13-,18+/m0/s1. The van der Waals surface area contributed by atoms with Crippen molar-refractivity contribution in [3.63, 3.8) is 0 Å². The number of fused-ring (bicyclic) bond motifs is 3. The van der Waals surface area contributed by atoms with Gasteiger partial charge in [-0.2, -0.15) is 0 Å². The van der Waals surface area contributed by atoms with Crippen molar-refractivity contribution < 1.29 is 19.4 Å². The number of ether oxygens (including phenoxy) is 1. The first-order chi connectivity index (χ1) is 12.6. The average Bonchev–Trinajstić information content (AvgIpc) is 3.18. The van der Waals surface area contributed by atoms with E-state index in [0.717, 1.165) is 0 Å². The number of rotatable bonds is 3. The van der Waals surface area contributed by atoms with Crippen molar-refractivity contribution in [2.75, 3.05) is 19.7 Å². The Bertz CT molecular complexity index is 817. The van der Waals surface area contributed by atoms with Gasteiger partial charge in [0.05, 0.1) is 5.92 Å². The maximum Gasteiger partial charge on any atom is 0.409 e. The summed E-state index contributed by atoms with van der Waals surface area (Å²) >= 11 is 0. The van der Waals surface area contributed by atoms with Gasteiger partial charge in [-0.25, -0.2) is 4.79 Å². The Morgan fingerprint density at radius 2 is 1.62 bits per heavy atom. The lowest BCUT2D eigenvalue weighted by Gasteiger charge is -2.19. The van der Waals surface area contributed by atoms with Gasteiger partial charge in [0, 0.05) is 19.0 Å². The van der Waals surface area contributed by atoms with Crippen molar-refractivity contribution in [1.29, 1.82) is 0 Å². The Labute approximate surface area is 152 Å². The van der Waals surface area contributed by atoms with Crippen LogP contribution in [0.5, 0.6) is 0 Å². The van der Waals surface area contributed by atoms with E-state index in [2.05, 4.69) is 24.3 Å². The first-order valence-electron chi connectivity index (χ1n) is 8.89. The summed E-state index contributed by atoms with van der Waals surface area (Å²) < 4.78 is 5.59. The van der Waals surface area contributed by atoms with Gasteiger partial charge in [-0.05, 0) is 28.2 Å². The average molecular weight is 351 g/mol. The van der Waals surface area contributed by atoms with Gasteiger partial charge in [0.15, 0.2) is 0 Å². The van der Waals surface area contributed by atoms with Crippen LogP contribution in [0.15, 0.2) is 48.5 Å². The molecule has 5 heteroatoms. The Kier molecular flexibility index (Phi) is 4.15. The molecule has 1 amide bonds. The van der Waals surface area contributed by atoms with E-state index >= 15 is 0 Å². The summed E-state index contributed by atoms with van der Waals surface area (Å²) in [4.78, 5) is 25.2. The van der Waals surface area contributed by atoms with Crippen LogP contribution in [0.25, 0.3) is 11.1 Å². The van der Waals surface area contributed by atoms with Crippen LogP contribution in [-0.2, 0) is 9.53 Å². The number of hydrogen-bond acceptors (Lipinski definition) is 3. The molecule has 1 N–H and O–H groups in total. The number of carbonyl (C=O) groups is 2. The van der Waals surface area contributed by atoms with E-state index < -0.39 is 18.0 Å². The highest BCUT2D eigenvalue weighted by Gasteiger charge is 2.38. The van der Waals surface area contributed by atoms with Crippen LogP contribution in [0.3, 0.4) is 0 Å². The number of benzene rings is 2. The highest BCUT2D eigenvalue weighted by Crippen LogP contribution is 2.44. The van der Waals surface area contributed by atoms with Crippen molar-refractivity contribution in [3.05, 3.63) is 59.7 Å².